The van der Waals surface area contributed by atoms with Crippen LogP contribution in [-0.4, -0.2) is 47.9 Å². The van der Waals surface area contributed by atoms with Crippen molar-refractivity contribution in [2.24, 2.45) is 5.92 Å². The Morgan fingerprint density at radius 1 is 1.06 bits per heavy atom. The van der Waals surface area contributed by atoms with Gasteiger partial charge in [0.15, 0.2) is 0 Å². The predicted octanol–water partition coefficient (Wildman–Crippen LogP) is 3.89. The molecule has 0 saturated carbocycles. The number of piperidine rings is 1. The third-order valence-electron chi connectivity index (χ3n) is 5.38. The average molecular weight is 477 g/mol. The van der Waals surface area contributed by atoms with Crippen molar-refractivity contribution in [1.29, 1.82) is 0 Å². The van der Waals surface area contributed by atoms with Crippen LogP contribution in [0.15, 0.2) is 52.3 Å². The third-order valence-corrected chi connectivity index (χ3v) is 8.84. The number of benzene rings is 2. The monoisotopic (exact) mass is 476 g/mol. The molecule has 1 aliphatic heterocycles. The summed E-state index contributed by atoms with van der Waals surface area (Å²) in [4.78, 5) is 21.1. The number of nitrogens with one attached hydrogen (secondary N) is 1. The molecule has 1 N–H and O–H groups in total. The molecule has 4 aromatic rings. The zero-order valence-electron chi connectivity index (χ0n) is 16.1. The normalized spacial score (nSPS) is 20.3. The van der Waals surface area contributed by atoms with Gasteiger partial charge >= 0.3 is 0 Å². The highest BCUT2D eigenvalue weighted by Crippen LogP contribution is 2.30. The minimum atomic E-state index is -3.86. The molecule has 2 aromatic heterocycles. The lowest BCUT2D eigenvalue weighted by Gasteiger charge is -2.33. The Balaban J connectivity index is 1.29. The number of nitrogens with zero attached hydrogens (tertiary/aromatic N) is 3. The number of amides is 1. The fraction of sp³-hybridized carbons (Fsp3) is 0.250. The van der Waals surface area contributed by atoms with Gasteiger partial charge in [-0.15, -0.1) is 22.7 Å². The van der Waals surface area contributed by atoms with E-state index in [4.69, 9.17) is 0 Å². The van der Waals surface area contributed by atoms with E-state index in [9.17, 15) is 17.6 Å². The minimum Gasteiger partial charge on any atom is -0.326 e. The Hall–Kier alpha value is -2.47. The Morgan fingerprint density at radius 2 is 1.84 bits per heavy atom. The van der Waals surface area contributed by atoms with Crippen molar-refractivity contribution in [2.75, 3.05) is 18.4 Å². The number of anilines is 1. The van der Waals surface area contributed by atoms with E-state index in [1.165, 1.54) is 28.7 Å². The largest absolute Gasteiger partial charge is 0.326 e. The standard InChI is InChI=1S/C20H17FN4O3S3/c21-15-9-25(31(27,28)13-2-3-16-19(8-13)30-10-22-16)6-5-14(15)20(26)24-12-1-4-18-17(7-12)23-11-29-18/h1-4,7-8,10-11,14-15H,5-6,9H2,(H,24,26)/t14-,15-/m0/s1. The molecule has 11 heteroatoms. The lowest BCUT2D eigenvalue weighted by Crippen LogP contribution is -2.48. The highest BCUT2D eigenvalue weighted by atomic mass is 32.2. The maximum Gasteiger partial charge on any atom is 0.243 e. The molecule has 1 amide bonds. The lowest BCUT2D eigenvalue weighted by atomic mass is 9.95. The molecule has 0 unspecified atom stereocenters. The number of rotatable bonds is 4. The smallest absolute Gasteiger partial charge is 0.243 e. The Kier molecular flexibility index (Phi) is 5.21. The van der Waals surface area contributed by atoms with Gasteiger partial charge in [0.2, 0.25) is 15.9 Å². The predicted molar refractivity (Wildman–Crippen MR) is 120 cm³/mol. The second-order valence-corrected chi connectivity index (χ2v) is 11.0. The van der Waals surface area contributed by atoms with Crippen LogP contribution in [0.5, 0.6) is 0 Å². The molecular formula is C20H17FN4O3S3. The van der Waals surface area contributed by atoms with Gasteiger partial charge < -0.3 is 5.32 Å². The molecule has 160 valence electrons. The fourth-order valence-corrected chi connectivity index (χ4v) is 6.65. The van der Waals surface area contributed by atoms with Gasteiger partial charge in [0.25, 0.3) is 0 Å². The molecule has 0 bridgehead atoms. The first kappa shape index (κ1) is 20.4. The van der Waals surface area contributed by atoms with E-state index >= 15 is 0 Å². The molecule has 1 saturated heterocycles. The van der Waals surface area contributed by atoms with E-state index < -0.39 is 28.0 Å². The number of aromatic nitrogens is 2. The summed E-state index contributed by atoms with van der Waals surface area (Å²) in [5.74, 6) is -1.37. The van der Waals surface area contributed by atoms with Gasteiger partial charge in [-0.25, -0.2) is 22.8 Å². The molecule has 0 spiro atoms. The van der Waals surface area contributed by atoms with E-state index in [-0.39, 0.29) is 24.4 Å². The molecule has 0 radical (unpaired) electrons. The number of sulfonamides is 1. The Bertz CT molecular complexity index is 1380. The minimum absolute atomic E-state index is 0.0761. The summed E-state index contributed by atoms with van der Waals surface area (Å²) < 4.78 is 43.8. The lowest BCUT2D eigenvalue weighted by molar-refractivity contribution is -0.123. The maximum absolute atomic E-state index is 14.9. The van der Waals surface area contributed by atoms with E-state index in [1.54, 1.807) is 35.3 Å². The van der Waals surface area contributed by atoms with Crippen LogP contribution in [0.2, 0.25) is 0 Å². The Morgan fingerprint density at radius 3 is 2.65 bits per heavy atom. The van der Waals surface area contributed by atoms with Crippen LogP contribution < -0.4 is 5.32 Å². The molecular weight excluding hydrogens is 459 g/mol. The van der Waals surface area contributed by atoms with Crippen molar-refractivity contribution in [3.63, 3.8) is 0 Å². The zero-order chi connectivity index (χ0) is 21.6. The van der Waals surface area contributed by atoms with E-state index in [0.29, 0.717) is 5.69 Å². The van der Waals surface area contributed by atoms with Crippen molar-refractivity contribution in [1.82, 2.24) is 14.3 Å². The van der Waals surface area contributed by atoms with Crippen molar-refractivity contribution < 1.29 is 17.6 Å². The highest BCUT2D eigenvalue weighted by Gasteiger charge is 2.39. The van der Waals surface area contributed by atoms with Crippen LogP contribution in [0.3, 0.4) is 0 Å². The van der Waals surface area contributed by atoms with E-state index in [0.717, 1.165) is 24.7 Å². The maximum atomic E-state index is 14.9. The van der Waals surface area contributed by atoms with Gasteiger partial charge in [-0.1, -0.05) is 0 Å². The zero-order valence-corrected chi connectivity index (χ0v) is 18.5. The number of carbonyl (C=O) groups excluding carboxylic acids is 1. The summed E-state index contributed by atoms with van der Waals surface area (Å²) in [5, 5.41) is 2.74. The van der Waals surface area contributed by atoms with Crippen molar-refractivity contribution in [2.45, 2.75) is 17.5 Å². The molecule has 2 atom stereocenters. The number of alkyl halides is 1. The summed E-state index contributed by atoms with van der Waals surface area (Å²) in [5.41, 5.74) is 5.39. The second kappa shape index (κ2) is 7.90. The van der Waals surface area contributed by atoms with Crippen molar-refractivity contribution in [3.05, 3.63) is 47.4 Å². The van der Waals surface area contributed by atoms with Gasteiger partial charge in [-0.2, -0.15) is 4.31 Å². The number of carbonyl (C=O) groups is 1. The molecule has 2 aromatic carbocycles. The van der Waals surface area contributed by atoms with Gasteiger partial charge in [-0.05, 0) is 42.8 Å². The fourth-order valence-electron chi connectivity index (χ4n) is 3.71. The molecule has 3 heterocycles. The first-order valence-corrected chi connectivity index (χ1v) is 12.7. The van der Waals surface area contributed by atoms with E-state index in [1.807, 2.05) is 6.07 Å². The van der Waals surface area contributed by atoms with Gasteiger partial charge in [0.05, 0.1) is 42.3 Å². The summed E-state index contributed by atoms with van der Waals surface area (Å²) >= 11 is 2.84. The number of halogens is 1. The van der Waals surface area contributed by atoms with Crippen molar-refractivity contribution in [3.8, 4) is 0 Å². The SMILES string of the molecule is O=C(Nc1ccc2scnc2c1)[C@H]1CCN(S(=O)(=O)c2ccc3ncsc3c2)C[C@@H]1F. The topological polar surface area (TPSA) is 92.3 Å². The molecule has 7 nitrogen and oxygen atoms in total. The summed E-state index contributed by atoms with van der Waals surface area (Å²) in [6.45, 7) is -0.279. The van der Waals surface area contributed by atoms with Crippen LogP contribution in [0.1, 0.15) is 6.42 Å². The second-order valence-electron chi connectivity index (χ2n) is 7.28. The van der Waals surface area contributed by atoms with Crippen molar-refractivity contribution >= 4 is 64.7 Å². The highest BCUT2D eigenvalue weighted by molar-refractivity contribution is 7.89. The summed E-state index contributed by atoms with van der Waals surface area (Å²) in [6.07, 6.45) is -1.49. The van der Waals surface area contributed by atoms with Gasteiger partial charge in [0.1, 0.15) is 6.17 Å². The van der Waals surface area contributed by atoms with Gasteiger partial charge in [-0.3, -0.25) is 4.79 Å². The molecule has 1 aliphatic rings. The van der Waals surface area contributed by atoms with Crippen LogP contribution >= 0.6 is 22.7 Å². The molecule has 0 aliphatic carbocycles. The van der Waals surface area contributed by atoms with Crippen LogP contribution in [0, 0.1) is 5.92 Å². The number of thiazole rings is 2. The Labute approximate surface area is 185 Å². The number of fused-ring (bicyclic) bond motifs is 2. The van der Waals surface area contributed by atoms with Crippen LogP contribution in [-0.2, 0) is 14.8 Å². The quantitative estimate of drug-likeness (QED) is 0.482. The molecule has 1 fully saturated rings. The van der Waals surface area contributed by atoms with E-state index in [2.05, 4.69) is 15.3 Å². The third kappa shape index (κ3) is 3.82. The summed E-state index contributed by atoms with van der Waals surface area (Å²) in [6, 6.07) is 10.0. The first-order valence-electron chi connectivity index (χ1n) is 9.53. The summed E-state index contributed by atoms with van der Waals surface area (Å²) in [7, 11) is -3.86. The van der Waals surface area contributed by atoms with Crippen LogP contribution in [0.4, 0.5) is 10.1 Å². The van der Waals surface area contributed by atoms with Gasteiger partial charge in [0, 0.05) is 18.8 Å². The molecule has 5 rings (SSSR count). The molecule has 31 heavy (non-hydrogen) atoms. The number of hydrogen-bond donors (Lipinski definition) is 1. The van der Waals surface area contributed by atoms with Crippen LogP contribution in [0.25, 0.3) is 20.4 Å². The first-order chi connectivity index (χ1) is 14.9. The number of hydrogen-bond acceptors (Lipinski definition) is 7. The average Bonchev–Trinajstić information content (AvgIpc) is 3.41.